The topological polar surface area (TPSA) is 91.8 Å². The van der Waals surface area contributed by atoms with E-state index >= 15 is 0 Å². The van der Waals surface area contributed by atoms with Crippen LogP contribution in [-0.4, -0.2) is 74.5 Å². The highest BCUT2D eigenvalue weighted by atomic mass is 32.2. The highest BCUT2D eigenvalue weighted by molar-refractivity contribution is 7.89. The van der Waals surface area contributed by atoms with Crippen molar-refractivity contribution in [2.75, 3.05) is 39.3 Å². The van der Waals surface area contributed by atoms with Crippen LogP contribution < -0.4 is 4.72 Å². The largest absolute Gasteiger partial charge is 0.377 e. The smallest absolute Gasteiger partial charge is 0.253 e. The summed E-state index contributed by atoms with van der Waals surface area (Å²) in [6.07, 6.45) is 5.29. The van der Waals surface area contributed by atoms with E-state index in [0.29, 0.717) is 25.3 Å². The minimum atomic E-state index is -3.69. The number of sulfonamides is 1. The number of carbonyl (C=O) groups excluding carboxylic acids is 1. The molecule has 1 aromatic carbocycles. The van der Waals surface area contributed by atoms with E-state index in [9.17, 15) is 13.2 Å². The Kier molecular flexibility index (Phi) is 6.96. The van der Waals surface area contributed by atoms with Crippen molar-refractivity contribution < 1.29 is 17.9 Å². The van der Waals surface area contributed by atoms with Crippen molar-refractivity contribution >= 4 is 15.9 Å². The van der Waals surface area contributed by atoms with Gasteiger partial charge in [0.15, 0.2) is 0 Å². The summed E-state index contributed by atoms with van der Waals surface area (Å²) in [5.74, 6) is -0.139. The molecule has 8 nitrogen and oxygen atoms in total. The Morgan fingerprint density at radius 3 is 2.61 bits per heavy atom. The summed E-state index contributed by atoms with van der Waals surface area (Å²) in [6.45, 7) is 4.52. The highest BCUT2D eigenvalue weighted by Gasteiger charge is 2.24. The first-order chi connectivity index (χ1) is 15.0. The molecule has 2 fully saturated rings. The third-order valence-electron chi connectivity index (χ3n) is 5.73. The van der Waals surface area contributed by atoms with Gasteiger partial charge >= 0.3 is 0 Å². The minimum Gasteiger partial charge on any atom is -0.377 e. The molecule has 1 aromatic heterocycles. The number of rotatable bonds is 7. The Morgan fingerprint density at radius 1 is 1.13 bits per heavy atom. The van der Waals surface area contributed by atoms with Crippen LogP contribution in [0, 0.1) is 0 Å². The molecule has 0 aliphatic carbocycles. The standard InChI is InChI=1S/C22H28N4O4S/c27-22(26-12-10-25(11-13-26)17-18-6-8-23-9-7-18)19-3-1-5-21(15-19)31(28,29)24-16-20-4-2-14-30-20/h1,3,5-9,15,20,24H,2,4,10-14,16-17H2. The van der Waals surface area contributed by atoms with Crippen LogP contribution in [0.25, 0.3) is 0 Å². The van der Waals surface area contributed by atoms with Crippen molar-refractivity contribution in [3.63, 3.8) is 0 Å². The number of hydrogen-bond donors (Lipinski definition) is 1. The number of carbonyl (C=O) groups is 1. The highest BCUT2D eigenvalue weighted by Crippen LogP contribution is 2.17. The second-order valence-corrected chi connectivity index (χ2v) is 9.71. The van der Waals surface area contributed by atoms with Gasteiger partial charge in [0.2, 0.25) is 10.0 Å². The number of ether oxygens (including phenoxy) is 1. The summed E-state index contributed by atoms with van der Waals surface area (Å²) in [4.78, 5) is 21.2. The van der Waals surface area contributed by atoms with Crippen LogP contribution in [0.15, 0.2) is 53.7 Å². The van der Waals surface area contributed by atoms with Gasteiger partial charge in [-0.2, -0.15) is 0 Å². The maximum atomic E-state index is 13.0. The molecule has 166 valence electrons. The lowest BCUT2D eigenvalue weighted by Crippen LogP contribution is -2.48. The number of amides is 1. The second kappa shape index (κ2) is 9.86. The van der Waals surface area contributed by atoms with Gasteiger partial charge in [-0.05, 0) is 48.7 Å². The number of pyridine rings is 1. The number of nitrogens with one attached hydrogen (secondary N) is 1. The molecular weight excluding hydrogens is 416 g/mol. The van der Waals surface area contributed by atoms with Crippen LogP contribution in [0.2, 0.25) is 0 Å². The van der Waals surface area contributed by atoms with Crippen molar-refractivity contribution in [3.05, 3.63) is 59.9 Å². The van der Waals surface area contributed by atoms with E-state index in [1.807, 2.05) is 12.1 Å². The fraction of sp³-hybridized carbons (Fsp3) is 0.455. The summed E-state index contributed by atoms with van der Waals surface area (Å²) in [5, 5.41) is 0. The van der Waals surface area contributed by atoms with Gasteiger partial charge in [-0.1, -0.05) is 6.07 Å². The monoisotopic (exact) mass is 444 g/mol. The molecule has 0 saturated carbocycles. The van der Waals surface area contributed by atoms with Gasteiger partial charge < -0.3 is 9.64 Å². The van der Waals surface area contributed by atoms with Crippen molar-refractivity contribution in [1.82, 2.24) is 19.5 Å². The van der Waals surface area contributed by atoms with Gasteiger partial charge in [0.1, 0.15) is 0 Å². The number of nitrogens with zero attached hydrogens (tertiary/aromatic N) is 3. The summed E-state index contributed by atoms with van der Waals surface area (Å²) in [5.41, 5.74) is 1.59. The zero-order valence-electron chi connectivity index (χ0n) is 17.4. The lowest BCUT2D eigenvalue weighted by atomic mass is 10.1. The Bertz CT molecular complexity index is 986. The van der Waals surface area contributed by atoms with E-state index < -0.39 is 10.0 Å². The average molecular weight is 445 g/mol. The van der Waals surface area contributed by atoms with Crippen molar-refractivity contribution in [3.8, 4) is 0 Å². The molecule has 4 rings (SSSR count). The Balaban J connectivity index is 1.34. The molecule has 2 aliphatic rings. The summed E-state index contributed by atoms with van der Waals surface area (Å²) >= 11 is 0. The van der Waals surface area contributed by atoms with Crippen LogP contribution in [0.3, 0.4) is 0 Å². The lowest BCUT2D eigenvalue weighted by Gasteiger charge is -2.34. The quantitative estimate of drug-likeness (QED) is 0.696. The zero-order chi connectivity index (χ0) is 21.7. The van der Waals surface area contributed by atoms with Crippen molar-refractivity contribution in [2.24, 2.45) is 0 Å². The molecule has 0 bridgehead atoms. The Morgan fingerprint density at radius 2 is 1.90 bits per heavy atom. The van der Waals surface area contributed by atoms with Gasteiger partial charge in [-0.25, -0.2) is 13.1 Å². The van der Waals surface area contributed by atoms with E-state index in [0.717, 1.165) is 32.5 Å². The van der Waals surface area contributed by atoms with E-state index in [-0.39, 0.29) is 23.5 Å². The first kappa shape index (κ1) is 21.9. The molecule has 2 aromatic rings. The number of piperazine rings is 1. The van der Waals surface area contributed by atoms with Crippen LogP contribution in [0.4, 0.5) is 0 Å². The molecule has 1 unspecified atom stereocenters. The minimum absolute atomic E-state index is 0.0805. The molecule has 31 heavy (non-hydrogen) atoms. The van der Waals surface area contributed by atoms with Crippen LogP contribution in [0.5, 0.6) is 0 Å². The molecule has 9 heteroatoms. The number of hydrogen-bond acceptors (Lipinski definition) is 6. The van der Waals surface area contributed by atoms with Crippen molar-refractivity contribution in [1.29, 1.82) is 0 Å². The van der Waals surface area contributed by atoms with E-state index in [2.05, 4.69) is 14.6 Å². The molecule has 2 aliphatic heterocycles. The second-order valence-electron chi connectivity index (χ2n) is 7.94. The van der Waals surface area contributed by atoms with Gasteiger partial charge in [-0.15, -0.1) is 0 Å². The lowest BCUT2D eigenvalue weighted by molar-refractivity contribution is 0.0628. The van der Waals surface area contributed by atoms with Crippen LogP contribution in [-0.2, 0) is 21.3 Å². The summed E-state index contributed by atoms with van der Waals surface area (Å²) in [7, 11) is -3.69. The number of benzene rings is 1. The van der Waals surface area contributed by atoms with E-state index in [4.69, 9.17) is 4.74 Å². The molecule has 2 saturated heterocycles. The maximum Gasteiger partial charge on any atom is 0.253 e. The van der Waals surface area contributed by atoms with E-state index in [1.54, 1.807) is 29.4 Å². The van der Waals surface area contributed by atoms with Gasteiger partial charge in [0.25, 0.3) is 5.91 Å². The third-order valence-corrected chi connectivity index (χ3v) is 7.15. The average Bonchev–Trinajstić information content (AvgIpc) is 3.33. The predicted octanol–water partition coefficient (Wildman–Crippen LogP) is 1.50. The maximum absolute atomic E-state index is 13.0. The molecule has 1 atom stereocenters. The first-order valence-electron chi connectivity index (χ1n) is 10.6. The molecule has 0 radical (unpaired) electrons. The van der Waals surface area contributed by atoms with Crippen LogP contribution >= 0.6 is 0 Å². The first-order valence-corrected chi connectivity index (χ1v) is 12.1. The van der Waals surface area contributed by atoms with Crippen LogP contribution in [0.1, 0.15) is 28.8 Å². The fourth-order valence-electron chi connectivity index (χ4n) is 3.93. The Hall–Kier alpha value is -2.33. The number of aromatic nitrogens is 1. The SMILES string of the molecule is O=C(c1cccc(S(=O)(=O)NCC2CCCO2)c1)N1CCN(Cc2ccncc2)CC1. The predicted molar refractivity (Wildman–Crippen MR) is 116 cm³/mol. The summed E-state index contributed by atoms with van der Waals surface area (Å²) < 4.78 is 33.4. The van der Waals surface area contributed by atoms with E-state index in [1.165, 1.54) is 17.7 Å². The van der Waals surface area contributed by atoms with Gasteiger partial charge in [-0.3, -0.25) is 14.7 Å². The Labute approximate surface area is 183 Å². The van der Waals surface area contributed by atoms with Gasteiger partial charge in [0.05, 0.1) is 11.0 Å². The molecule has 1 amide bonds. The molecule has 3 heterocycles. The normalized spacial score (nSPS) is 20.1. The van der Waals surface area contributed by atoms with Crippen molar-refractivity contribution in [2.45, 2.75) is 30.4 Å². The zero-order valence-corrected chi connectivity index (χ0v) is 18.3. The third kappa shape index (κ3) is 5.68. The molecule has 1 N–H and O–H groups in total. The fourth-order valence-corrected chi connectivity index (χ4v) is 5.04. The van der Waals surface area contributed by atoms with Gasteiger partial charge in [0, 0.05) is 63.8 Å². The molecule has 0 spiro atoms. The molecular formula is C22H28N4O4S. The summed E-state index contributed by atoms with van der Waals surface area (Å²) in [6, 6.07) is 10.3.